The number of H-pyrrole nitrogens is 1. The summed E-state index contributed by atoms with van der Waals surface area (Å²) >= 11 is 0. The van der Waals surface area contributed by atoms with Gasteiger partial charge in [-0.3, -0.25) is 9.89 Å². The van der Waals surface area contributed by atoms with Gasteiger partial charge in [0.05, 0.1) is 17.9 Å². The minimum absolute atomic E-state index is 0.162. The fourth-order valence-corrected chi connectivity index (χ4v) is 4.24. The predicted molar refractivity (Wildman–Crippen MR) is 98.6 cm³/mol. The van der Waals surface area contributed by atoms with E-state index in [1.807, 2.05) is 6.20 Å². The molecular weight excluding hydrogens is 312 g/mol. The summed E-state index contributed by atoms with van der Waals surface area (Å²) in [4.78, 5) is 17.4. The largest absolute Gasteiger partial charge is 0.370 e. The van der Waals surface area contributed by atoms with Crippen molar-refractivity contribution in [1.82, 2.24) is 15.1 Å². The van der Waals surface area contributed by atoms with E-state index in [9.17, 15) is 4.79 Å². The molecule has 0 spiro atoms. The van der Waals surface area contributed by atoms with E-state index in [0.717, 1.165) is 50.2 Å². The van der Waals surface area contributed by atoms with E-state index >= 15 is 0 Å². The van der Waals surface area contributed by atoms with Gasteiger partial charge in [-0.2, -0.15) is 5.10 Å². The Balaban J connectivity index is 1.42. The van der Waals surface area contributed by atoms with E-state index in [4.69, 9.17) is 0 Å². The Morgan fingerprint density at radius 3 is 3.00 bits per heavy atom. The zero-order valence-corrected chi connectivity index (χ0v) is 14.9. The molecule has 0 saturated carbocycles. The van der Waals surface area contributed by atoms with Crippen molar-refractivity contribution in [2.24, 2.45) is 0 Å². The Labute approximate surface area is 149 Å². The molecule has 4 rings (SSSR count). The Morgan fingerprint density at radius 2 is 2.16 bits per heavy atom. The Kier molecular flexibility index (Phi) is 4.47. The standard InChI is InChI=1S/C20H26N4O/c1-15-14-21-22-20(15)18-8-4-5-11-24(18)19(25)10-13-23-12-9-16-6-2-3-7-17(16)23/h2-3,6-7,14,18H,4-5,8-13H2,1H3,(H,21,22). The van der Waals surface area contributed by atoms with Crippen LogP contribution in [0.3, 0.4) is 0 Å². The molecule has 5 heteroatoms. The maximum atomic E-state index is 12.9. The van der Waals surface area contributed by atoms with Crippen LogP contribution in [-0.4, -0.2) is 40.6 Å². The fraction of sp³-hybridized carbons (Fsp3) is 0.500. The number of benzene rings is 1. The molecule has 0 aliphatic carbocycles. The van der Waals surface area contributed by atoms with Crippen LogP contribution < -0.4 is 4.90 Å². The SMILES string of the molecule is Cc1cn[nH]c1C1CCCCN1C(=O)CCN1CCc2ccccc21. The molecule has 0 bridgehead atoms. The van der Waals surface area contributed by atoms with E-state index in [0.29, 0.717) is 6.42 Å². The lowest BCUT2D eigenvalue weighted by Crippen LogP contribution is -2.40. The molecule has 25 heavy (non-hydrogen) atoms. The summed E-state index contributed by atoms with van der Waals surface area (Å²) in [6, 6.07) is 8.71. The lowest BCUT2D eigenvalue weighted by atomic mass is 9.97. The van der Waals surface area contributed by atoms with Crippen LogP contribution in [-0.2, 0) is 11.2 Å². The summed E-state index contributed by atoms with van der Waals surface area (Å²) < 4.78 is 0. The Bertz CT molecular complexity index is 754. The van der Waals surface area contributed by atoms with Gasteiger partial charge in [0.2, 0.25) is 5.91 Å². The first-order valence-corrected chi connectivity index (χ1v) is 9.36. The van der Waals surface area contributed by atoms with Crippen molar-refractivity contribution in [1.29, 1.82) is 0 Å². The highest BCUT2D eigenvalue weighted by Crippen LogP contribution is 2.32. The van der Waals surface area contributed by atoms with Crippen molar-refractivity contribution < 1.29 is 4.79 Å². The first-order chi connectivity index (χ1) is 12.2. The van der Waals surface area contributed by atoms with Crippen LogP contribution in [0, 0.1) is 6.92 Å². The number of aryl methyl sites for hydroxylation is 1. The highest BCUT2D eigenvalue weighted by Gasteiger charge is 2.30. The van der Waals surface area contributed by atoms with Crippen LogP contribution in [0.15, 0.2) is 30.5 Å². The molecule has 2 aliphatic heterocycles. The molecule has 1 aromatic carbocycles. The summed E-state index contributed by atoms with van der Waals surface area (Å²) in [7, 11) is 0. The molecule has 2 aromatic rings. The van der Waals surface area contributed by atoms with Gasteiger partial charge in [0.1, 0.15) is 0 Å². The number of hydrogen-bond donors (Lipinski definition) is 1. The number of para-hydroxylation sites is 1. The molecule has 0 radical (unpaired) electrons. The van der Waals surface area contributed by atoms with E-state index in [2.05, 4.69) is 51.2 Å². The number of piperidine rings is 1. The third kappa shape index (κ3) is 3.15. The molecule has 1 amide bonds. The normalized spacial score (nSPS) is 20.0. The summed E-state index contributed by atoms with van der Waals surface area (Å²) in [6.07, 6.45) is 6.82. The first-order valence-electron chi connectivity index (χ1n) is 9.36. The average molecular weight is 338 g/mol. The van der Waals surface area contributed by atoms with Crippen molar-refractivity contribution in [2.75, 3.05) is 24.5 Å². The fourth-order valence-electron chi connectivity index (χ4n) is 4.24. The van der Waals surface area contributed by atoms with Gasteiger partial charge in [-0.25, -0.2) is 0 Å². The molecule has 3 heterocycles. The molecule has 1 aromatic heterocycles. The zero-order chi connectivity index (χ0) is 17.2. The number of rotatable bonds is 4. The van der Waals surface area contributed by atoms with Gasteiger partial charge in [0, 0.05) is 31.7 Å². The summed E-state index contributed by atoms with van der Waals surface area (Å²) in [5.74, 6) is 0.267. The van der Waals surface area contributed by atoms with Gasteiger partial charge in [0.25, 0.3) is 0 Å². The molecule has 5 nitrogen and oxygen atoms in total. The maximum absolute atomic E-state index is 12.9. The number of hydrogen-bond acceptors (Lipinski definition) is 3. The Hall–Kier alpha value is -2.30. The van der Waals surface area contributed by atoms with Crippen molar-refractivity contribution in [2.45, 2.75) is 45.1 Å². The minimum Gasteiger partial charge on any atom is -0.370 e. The second-order valence-corrected chi connectivity index (χ2v) is 7.18. The van der Waals surface area contributed by atoms with Crippen molar-refractivity contribution in [3.05, 3.63) is 47.3 Å². The van der Waals surface area contributed by atoms with E-state index in [1.54, 1.807) is 0 Å². The number of aromatic amines is 1. The second kappa shape index (κ2) is 6.90. The number of likely N-dealkylation sites (tertiary alicyclic amines) is 1. The molecular formula is C20H26N4O. The van der Waals surface area contributed by atoms with E-state index in [-0.39, 0.29) is 11.9 Å². The minimum atomic E-state index is 0.162. The number of nitrogens with zero attached hydrogens (tertiary/aromatic N) is 3. The lowest BCUT2D eigenvalue weighted by Gasteiger charge is -2.36. The molecule has 132 valence electrons. The highest BCUT2D eigenvalue weighted by atomic mass is 16.2. The van der Waals surface area contributed by atoms with Crippen LogP contribution >= 0.6 is 0 Å². The zero-order valence-electron chi connectivity index (χ0n) is 14.9. The monoisotopic (exact) mass is 338 g/mol. The van der Waals surface area contributed by atoms with E-state index < -0.39 is 0 Å². The molecule has 1 saturated heterocycles. The molecule has 1 fully saturated rings. The molecule has 2 aliphatic rings. The van der Waals surface area contributed by atoms with Gasteiger partial charge < -0.3 is 9.80 Å². The summed E-state index contributed by atoms with van der Waals surface area (Å²) in [5.41, 5.74) is 4.96. The summed E-state index contributed by atoms with van der Waals surface area (Å²) in [5, 5.41) is 7.27. The van der Waals surface area contributed by atoms with Crippen LogP contribution in [0.25, 0.3) is 0 Å². The van der Waals surface area contributed by atoms with Crippen LogP contribution in [0.2, 0.25) is 0 Å². The summed E-state index contributed by atoms with van der Waals surface area (Å²) in [6.45, 7) is 4.76. The number of carbonyl (C=O) groups is 1. The number of amides is 1. The first kappa shape index (κ1) is 16.2. The number of aromatic nitrogens is 2. The van der Waals surface area contributed by atoms with Gasteiger partial charge >= 0.3 is 0 Å². The van der Waals surface area contributed by atoms with Gasteiger partial charge in [-0.15, -0.1) is 0 Å². The predicted octanol–water partition coefficient (Wildman–Crippen LogP) is 3.22. The quantitative estimate of drug-likeness (QED) is 0.931. The number of carbonyl (C=O) groups excluding carboxylic acids is 1. The third-order valence-electron chi connectivity index (χ3n) is 5.60. The average Bonchev–Trinajstić information content (AvgIpc) is 3.26. The topological polar surface area (TPSA) is 52.2 Å². The number of anilines is 1. The molecule has 1 atom stereocenters. The van der Waals surface area contributed by atoms with Crippen molar-refractivity contribution in [3.63, 3.8) is 0 Å². The number of nitrogens with one attached hydrogen (secondary N) is 1. The number of fused-ring (bicyclic) bond motifs is 1. The lowest BCUT2D eigenvalue weighted by molar-refractivity contribution is -0.135. The smallest absolute Gasteiger partial charge is 0.224 e. The highest BCUT2D eigenvalue weighted by molar-refractivity contribution is 5.77. The second-order valence-electron chi connectivity index (χ2n) is 7.18. The Morgan fingerprint density at radius 1 is 1.28 bits per heavy atom. The van der Waals surface area contributed by atoms with Crippen LogP contribution in [0.5, 0.6) is 0 Å². The third-order valence-corrected chi connectivity index (χ3v) is 5.60. The van der Waals surface area contributed by atoms with Gasteiger partial charge in [-0.05, 0) is 49.8 Å². The maximum Gasteiger partial charge on any atom is 0.224 e. The van der Waals surface area contributed by atoms with Crippen molar-refractivity contribution in [3.8, 4) is 0 Å². The van der Waals surface area contributed by atoms with E-state index in [1.165, 1.54) is 17.7 Å². The van der Waals surface area contributed by atoms with Gasteiger partial charge in [-0.1, -0.05) is 18.2 Å². The van der Waals surface area contributed by atoms with Crippen LogP contribution in [0.4, 0.5) is 5.69 Å². The molecule has 1 unspecified atom stereocenters. The van der Waals surface area contributed by atoms with Crippen LogP contribution in [0.1, 0.15) is 48.5 Å². The van der Waals surface area contributed by atoms with Crippen molar-refractivity contribution >= 4 is 11.6 Å². The molecule has 1 N–H and O–H groups in total. The van der Waals surface area contributed by atoms with Gasteiger partial charge in [0.15, 0.2) is 0 Å².